The van der Waals surface area contributed by atoms with E-state index in [2.05, 4.69) is 10.1 Å². The average Bonchev–Trinajstić information content (AvgIpc) is 3.13. The van der Waals surface area contributed by atoms with Crippen molar-refractivity contribution in [3.05, 3.63) is 41.0 Å². The van der Waals surface area contributed by atoms with Crippen LogP contribution in [-0.2, 0) is 7.05 Å². The number of hydrogen-bond acceptors (Lipinski definition) is 4. The lowest BCUT2D eigenvalue weighted by Crippen LogP contribution is -2.17. The largest absolute Gasteiger partial charge is 0.495 e. The van der Waals surface area contributed by atoms with Crippen LogP contribution in [0.3, 0.4) is 0 Å². The molecule has 0 unspecified atom stereocenters. The molecular weight excluding hydrogens is 312 g/mol. The number of amides is 1. The highest BCUT2D eigenvalue weighted by Gasteiger charge is 2.15. The first-order valence-corrected chi connectivity index (χ1v) is 8.09. The molecule has 3 rings (SSSR count). The number of para-hydroxylation sites is 1. The summed E-state index contributed by atoms with van der Waals surface area (Å²) in [6.45, 7) is 3.96. The van der Waals surface area contributed by atoms with Crippen molar-refractivity contribution < 1.29 is 9.53 Å². The Kier molecular flexibility index (Phi) is 4.04. The van der Waals surface area contributed by atoms with Crippen molar-refractivity contribution in [3.63, 3.8) is 0 Å². The molecule has 0 atom stereocenters. The first-order chi connectivity index (χ1) is 11.0. The Hall–Kier alpha value is -2.41. The lowest BCUT2D eigenvalue weighted by molar-refractivity contribution is 0.0986. The molecule has 0 aliphatic rings. The summed E-state index contributed by atoms with van der Waals surface area (Å²) in [5, 5.41) is 4.18. The summed E-state index contributed by atoms with van der Waals surface area (Å²) in [5.74, 6) is 0.472. The highest BCUT2D eigenvalue weighted by molar-refractivity contribution is 7.16. The van der Waals surface area contributed by atoms with Gasteiger partial charge in [0.1, 0.15) is 17.0 Å². The molecule has 6 nitrogen and oxygen atoms in total. The minimum absolute atomic E-state index is 0.107. The zero-order valence-corrected chi connectivity index (χ0v) is 14.3. The van der Waals surface area contributed by atoms with Crippen molar-refractivity contribution in [2.75, 3.05) is 7.11 Å². The molecule has 0 aliphatic carbocycles. The fraction of sp³-hybridized carbons (Fsp3) is 0.312. The summed E-state index contributed by atoms with van der Waals surface area (Å²) < 4.78 is 9.98. The number of carbonyl (C=O) groups is 1. The fourth-order valence-electron chi connectivity index (χ4n) is 2.48. The molecule has 120 valence electrons. The Morgan fingerprint density at radius 2 is 2.13 bits per heavy atom. The number of hydrogen-bond donors (Lipinski definition) is 0. The van der Waals surface area contributed by atoms with Crippen molar-refractivity contribution >= 4 is 27.5 Å². The second-order valence-corrected chi connectivity index (χ2v) is 6.43. The van der Waals surface area contributed by atoms with Crippen LogP contribution >= 0.6 is 11.3 Å². The summed E-state index contributed by atoms with van der Waals surface area (Å²) in [7, 11) is 3.52. The van der Waals surface area contributed by atoms with Crippen molar-refractivity contribution in [1.29, 1.82) is 0 Å². The number of aryl methyl sites for hydroxylation is 1. The standard InChI is InChI=1S/C16H18N4O2S/c1-10(2)20-11(8-9-17-20)15(21)18-16-19(3)14-12(22-4)6-5-7-13(14)23-16/h5-10H,1-4H3. The van der Waals surface area contributed by atoms with Gasteiger partial charge in [0.2, 0.25) is 0 Å². The average molecular weight is 330 g/mol. The summed E-state index contributed by atoms with van der Waals surface area (Å²) in [6, 6.07) is 7.62. The zero-order chi connectivity index (χ0) is 16.6. The molecule has 0 bridgehead atoms. The number of benzene rings is 1. The van der Waals surface area contributed by atoms with Crippen molar-refractivity contribution in [1.82, 2.24) is 14.3 Å². The molecule has 2 aromatic heterocycles. The monoisotopic (exact) mass is 330 g/mol. The lowest BCUT2D eigenvalue weighted by atomic mass is 10.3. The van der Waals surface area contributed by atoms with E-state index in [0.717, 1.165) is 16.0 Å². The molecule has 0 saturated carbocycles. The van der Waals surface area contributed by atoms with E-state index in [1.807, 2.05) is 43.7 Å². The Labute approximate surface area is 137 Å². The van der Waals surface area contributed by atoms with Gasteiger partial charge in [0, 0.05) is 19.3 Å². The minimum Gasteiger partial charge on any atom is -0.495 e. The Bertz CT molecular complexity index is 933. The molecule has 3 aromatic rings. The third-order valence-corrected chi connectivity index (χ3v) is 4.68. The van der Waals surface area contributed by atoms with Crippen LogP contribution in [0.25, 0.3) is 10.2 Å². The van der Waals surface area contributed by atoms with Crippen LogP contribution in [0.2, 0.25) is 0 Å². The smallest absolute Gasteiger partial charge is 0.297 e. The molecule has 1 aromatic carbocycles. The van der Waals surface area contributed by atoms with Gasteiger partial charge in [-0.3, -0.25) is 9.48 Å². The van der Waals surface area contributed by atoms with Gasteiger partial charge in [0.05, 0.1) is 11.8 Å². The zero-order valence-electron chi connectivity index (χ0n) is 13.5. The second-order valence-electron chi connectivity index (χ2n) is 5.42. The molecular formula is C16H18N4O2S. The number of ether oxygens (including phenoxy) is 1. The van der Waals surface area contributed by atoms with Gasteiger partial charge in [-0.05, 0) is 32.0 Å². The number of rotatable bonds is 3. The molecule has 0 N–H and O–H groups in total. The maximum Gasteiger partial charge on any atom is 0.297 e. The van der Waals surface area contributed by atoms with E-state index in [1.165, 1.54) is 11.3 Å². The number of thiazole rings is 1. The maximum atomic E-state index is 12.5. The maximum absolute atomic E-state index is 12.5. The van der Waals surface area contributed by atoms with Gasteiger partial charge in [-0.1, -0.05) is 17.4 Å². The van der Waals surface area contributed by atoms with E-state index in [4.69, 9.17) is 4.74 Å². The number of nitrogens with zero attached hydrogens (tertiary/aromatic N) is 4. The molecule has 2 heterocycles. The predicted molar refractivity (Wildman–Crippen MR) is 89.9 cm³/mol. The number of aromatic nitrogens is 3. The topological polar surface area (TPSA) is 61.4 Å². The molecule has 0 spiro atoms. The van der Waals surface area contributed by atoms with E-state index in [9.17, 15) is 4.79 Å². The number of carbonyl (C=O) groups excluding carboxylic acids is 1. The molecule has 0 radical (unpaired) electrons. The number of methoxy groups -OCH3 is 1. The van der Waals surface area contributed by atoms with Gasteiger partial charge in [-0.25, -0.2) is 0 Å². The molecule has 0 saturated heterocycles. The van der Waals surface area contributed by atoms with Crippen molar-refractivity contribution in [2.45, 2.75) is 19.9 Å². The Morgan fingerprint density at radius 1 is 1.35 bits per heavy atom. The highest BCUT2D eigenvalue weighted by Crippen LogP contribution is 2.26. The minimum atomic E-state index is -0.294. The van der Waals surface area contributed by atoms with Crippen LogP contribution in [0.5, 0.6) is 5.75 Å². The first kappa shape index (κ1) is 15.5. The van der Waals surface area contributed by atoms with Crippen LogP contribution in [-0.4, -0.2) is 27.4 Å². The van der Waals surface area contributed by atoms with Crippen molar-refractivity contribution in [3.8, 4) is 5.75 Å². The number of fused-ring (bicyclic) bond motifs is 1. The SMILES string of the molecule is COc1cccc2sc(=NC(=O)c3ccnn3C(C)C)n(C)c12. The van der Waals surface area contributed by atoms with Gasteiger partial charge < -0.3 is 9.30 Å². The first-order valence-electron chi connectivity index (χ1n) is 7.28. The molecule has 0 aliphatic heterocycles. The summed E-state index contributed by atoms with van der Waals surface area (Å²) in [6.07, 6.45) is 1.62. The Balaban J connectivity index is 2.13. The van der Waals surface area contributed by atoms with Gasteiger partial charge in [-0.2, -0.15) is 10.1 Å². The molecule has 7 heteroatoms. The van der Waals surface area contributed by atoms with E-state index in [-0.39, 0.29) is 11.9 Å². The van der Waals surface area contributed by atoms with E-state index >= 15 is 0 Å². The fourth-order valence-corrected chi connectivity index (χ4v) is 3.51. The predicted octanol–water partition coefficient (Wildman–Crippen LogP) is 2.77. The summed E-state index contributed by atoms with van der Waals surface area (Å²) in [5.41, 5.74) is 1.42. The Morgan fingerprint density at radius 3 is 2.83 bits per heavy atom. The van der Waals surface area contributed by atoms with E-state index in [1.54, 1.807) is 24.1 Å². The van der Waals surface area contributed by atoms with Crippen LogP contribution < -0.4 is 9.54 Å². The molecule has 0 fully saturated rings. The summed E-state index contributed by atoms with van der Waals surface area (Å²) >= 11 is 1.46. The highest BCUT2D eigenvalue weighted by atomic mass is 32.1. The molecule has 1 amide bonds. The van der Waals surface area contributed by atoms with Crippen molar-refractivity contribution in [2.24, 2.45) is 12.0 Å². The van der Waals surface area contributed by atoms with Crippen LogP contribution in [0.15, 0.2) is 35.5 Å². The van der Waals surface area contributed by atoms with Gasteiger partial charge in [-0.15, -0.1) is 0 Å². The lowest BCUT2D eigenvalue weighted by Gasteiger charge is -2.07. The van der Waals surface area contributed by atoms with Crippen LogP contribution in [0.4, 0.5) is 0 Å². The molecule has 23 heavy (non-hydrogen) atoms. The van der Waals surface area contributed by atoms with Crippen LogP contribution in [0, 0.1) is 0 Å². The van der Waals surface area contributed by atoms with Gasteiger partial charge in [0.25, 0.3) is 5.91 Å². The van der Waals surface area contributed by atoms with Gasteiger partial charge >= 0.3 is 0 Å². The normalized spacial score (nSPS) is 12.3. The van der Waals surface area contributed by atoms with Gasteiger partial charge in [0.15, 0.2) is 4.80 Å². The second kappa shape index (κ2) is 6.00. The summed E-state index contributed by atoms with van der Waals surface area (Å²) in [4.78, 5) is 17.4. The quantitative estimate of drug-likeness (QED) is 0.742. The third kappa shape index (κ3) is 2.68. The third-order valence-electron chi connectivity index (χ3n) is 3.58. The van der Waals surface area contributed by atoms with E-state index in [0.29, 0.717) is 10.5 Å². The van der Waals surface area contributed by atoms with E-state index < -0.39 is 0 Å². The van der Waals surface area contributed by atoms with Crippen LogP contribution in [0.1, 0.15) is 30.4 Å².